The summed E-state index contributed by atoms with van der Waals surface area (Å²) in [6, 6.07) is 7.32. The Balaban J connectivity index is 1.57. The van der Waals surface area contributed by atoms with Gasteiger partial charge in [0.1, 0.15) is 11.4 Å². The van der Waals surface area contributed by atoms with Crippen LogP contribution in [0.2, 0.25) is 0 Å². The van der Waals surface area contributed by atoms with Gasteiger partial charge in [-0.1, -0.05) is 25.1 Å². The van der Waals surface area contributed by atoms with E-state index in [0.29, 0.717) is 19.5 Å². The molecule has 2 aromatic rings. The average molecular weight is 330 g/mol. The van der Waals surface area contributed by atoms with Gasteiger partial charge in [-0.25, -0.2) is 4.98 Å². The second kappa shape index (κ2) is 6.60. The predicted octanol–water partition coefficient (Wildman–Crippen LogP) is 1.56. The van der Waals surface area contributed by atoms with Crippen LogP contribution in [0.4, 0.5) is 5.82 Å². The minimum Gasteiger partial charge on any atom is -0.386 e. The average Bonchev–Trinajstić information content (AvgIpc) is 3.21. The molecular weight excluding hydrogens is 308 g/mol. The van der Waals surface area contributed by atoms with Gasteiger partial charge in [0.25, 0.3) is 5.91 Å². The Bertz CT molecular complexity index is 701. The van der Waals surface area contributed by atoms with E-state index < -0.39 is 5.60 Å². The Morgan fingerprint density at radius 3 is 3.00 bits per heavy atom. The smallest absolute Gasteiger partial charge is 0.290 e. The molecule has 0 aliphatic carbocycles. The molecule has 1 atom stereocenters. The molecule has 2 aromatic heterocycles. The maximum atomic E-state index is 12.1. The number of nitrogens with zero attached hydrogens (tertiary/aromatic N) is 3. The van der Waals surface area contributed by atoms with Crippen LogP contribution in [-0.4, -0.2) is 46.4 Å². The van der Waals surface area contributed by atoms with Crippen molar-refractivity contribution in [2.45, 2.75) is 31.8 Å². The van der Waals surface area contributed by atoms with Crippen LogP contribution in [0.5, 0.6) is 0 Å². The van der Waals surface area contributed by atoms with Gasteiger partial charge in [0.2, 0.25) is 5.76 Å². The van der Waals surface area contributed by atoms with E-state index in [2.05, 4.69) is 15.5 Å². The normalized spacial score (nSPS) is 20.6. The van der Waals surface area contributed by atoms with Gasteiger partial charge in [-0.05, 0) is 24.5 Å². The van der Waals surface area contributed by atoms with Gasteiger partial charge in [-0.3, -0.25) is 4.79 Å². The van der Waals surface area contributed by atoms with E-state index >= 15 is 0 Å². The van der Waals surface area contributed by atoms with Gasteiger partial charge < -0.3 is 19.8 Å². The van der Waals surface area contributed by atoms with E-state index in [9.17, 15) is 9.90 Å². The lowest BCUT2D eigenvalue weighted by atomic mass is 10.0. The molecule has 0 aromatic carbocycles. The van der Waals surface area contributed by atoms with Crippen LogP contribution in [-0.2, 0) is 0 Å². The van der Waals surface area contributed by atoms with Gasteiger partial charge in [0.05, 0.1) is 5.69 Å². The lowest BCUT2D eigenvalue weighted by molar-refractivity contribution is 0.0564. The molecule has 3 heterocycles. The van der Waals surface area contributed by atoms with Gasteiger partial charge in [0, 0.05) is 31.9 Å². The summed E-state index contributed by atoms with van der Waals surface area (Å²) in [6.45, 7) is 5.24. The lowest BCUT2D eigenvalue weighted by Gasteiger charge is -2.23. The highest BCUT2D eigenvalue weighted by molar-refractivity contribution is 5.91. The number of carbonyl (C=O) groups is 1. The zero-order chi connectivity index (χ0) is 17.2. The Morgan fingerprint density at radius 2 is 2.33 bits per heavy atom. The summed E-state index contributed by atoms with van der Waals surface area (Å²) in [5.41, 5.74) is -0.241. The number of aliphatic hydroxyl groups is 1. The van der Waals surface area contributed by atoms with Crippen molar-refractivity contribution in [3.63, 3.8) is 0 Å². The summed E-state index contributed by atoms with van der Waals surface area (Å²) in [6.07, 6.45) is 2.29. The largest absolute Gasteiger partial charge is 0.386 e. The first-order chi connectivity index (χ1) is 11.5. The van der Waals surface area contributed by atoms with Crippen molar-refractivity contribution in [1.82, 2.24) is 15.5 Å². The maximum Gasteiger partial charge on any atom is 0.290 e. The highest BCUT2D eigenvalue weighted by atomic mass is 16.5. The third-order valence-corrected chi connectivity index (χ3v) is 4.23. The molecule has 0 spiro atoms. The van der Waals surface area contributed by atoms with E-state index in [4.69, 9.17) is 4.52 Å². The number of hydrogen-bond acceptors (Lipinski definition) is 6. The first-order valence-corrected chi connectivity index (χ1v) is 8.10. The van der Waals surface area contributed by atoms with Crippen molar-refractivity contribution in [2.24, 2.45) is 0 Å². The minimum absolute atomic E-state index is 0.160. The molecule has 2 N–H and O–H groups in total. The van der Waals surface area contributed by atoms with Crippen molar-refractivity contribution in [2.75, 3.05) is 24.5 Å². The van der Waals surface area contributed by atoms with Crippen molar-refractivity contribution in [3.05, 3.63) is 41.9 Å². The molecule has 128 valence electrons. The first kappa shape index (κ1) is 16.4. The molecule has 1 saturated heterocycles. The van der Waals surface area contributed by atoms with Gasteiger partial charge in [0.15, 0.2) is 0 Å². The standard InChI is InChI=1S/C17H22N4O3/c1-12(2)13-9-14(24-20-13)16(22)19-10-17(23)6-8-21(11-17)15-5-3-4-7-18-15/h3-5,7,9,12,23H,6,8,10-11H2,1-2H3,(H,19,22)/t17-/m1/s1. The Labute approximate surface area is 140 Å². The second-order valence-corrected chi connectivity index (χ2v) is 6.54. The summed E-state index contributed by atoms with van der Waals surface area (Å²) in [5.74, 6) is 0.832. The van der Waals surface area contributed by atoms with E-state index in [0.717, 1.165) is 11.5 Å². The summed E-state index contributed by atoms with van der Waals surface area (Å²) in [4.78, 5) is 18.5. The summed E-state index contributed by atoms with van der Waals surface area (Å²) in [5, 5.41) is 17.3. The number of amides is 1. The fourth-order valence-electron chi connectivity index (χ4n) is 2.74. The van der Waals surface area contributed by atoms with Crippen molar-refractivity contribution in [3.8, 4) is 0 Å². The van der Waals surface area contributed by atoms with Crippen LogP contribution in [0.1, 0.15) is 42.4 Å². The topological polar surface area (TPSA) is 91.5 Å². The molecule has 1 fully saturated rings. The minimum atomic E-state index is -0.978. The molecule has 0 bridgehead atoms. The van der Waals surface area contributed by atoms with Crippen molar-refractivity contribution >= 4 is 11.7 Å². The molecule has 24 heavy (non-hydrogen) atoms. The fraction of sp³-hybridized carbons (Fsp3) is 0.471. The van der Waals surface area contributed by atoms with Crippen LogP contribution in [0.3, 0.4) is 0 Å². The highest BCUT2D eigenvalue weighted by Gasteiger charge is 2.37. The van der Waals surface area contributed by atoms with Gasteiger partial charge in [-0.2, -0.15) is 0 Å². The number of anilines is 1. The van der Waals surface area contributed by atoms with Gasteiger partial charge >= 0.3 is 0 Å². The molecule has 0 radical (unpaired) electrons. The molecule has 1 aliphatic rings. The number of rotatable bonds is 5. The third kappa shape index (κ3) is 3.56. The Morgan fingerprint density at radius 1 is 1.50 bits per heavy atom. The number of carbonyl (C=O) groups excluding carboxylic acids is 1. The quantitative estimate of drug-likeness (QED) is 0.864. The van der Waals surface area contributed by atoms with Crippen molar-refractivity contribution < 1.29 is 14.4 Å². The lowest BCUT2D eigenvalue weighted by Crippen LogP contribution is -2.45. The van der Waals surface area contributed by atoms with Crippen LogP contribution in [0, 0.1) is 0 Å². The van der Waals surface area contributed by atoms with E-state index in [-0.39, 0.29) is 24.1 Å². The molecule has 3 rings (SSSR count). The number of aromatic nitrogens is 2. The molecule has 0 saturated carbocycles. The highest BCUT2D eigenvalue weighted by Crippen LogP contribution is 2.25. The summed E-state index contributed by atoms with van der Waals surface area (Å²) < 4.78 is 5.06. The van der Waals surface area contributed by atoms with E-state index in [1.807, 2.05) is 36.9 Å². The molecular formula is C17H22N4O3. The van der Waals surface area contributed by atoms with Gasteiger partial charge in [-0.15, -0.1) is 0 Å². The summed E-state index contributed by atoms with van der Waals surface area (Å²) in [7, 11) is 0. The molecule has 7 heteroatoms. The first-order valence-electron chi connectivity index (χ1n) is 8.10. The number of nitrogens with one attached hydrogen (secondary N) is 1. The fourth-order valence-corrected chi connectivity index (χ4v) is 2.74. The van der Waals surface area contributed by atoms with Crippen molar-refractivity contribution in [1.29, 1.82) is 0 Å². The number of hydrogen-bond donors (Lipinski definition) is 2. The molecule has 1 amide bonds. The van der Waals surface area contributed by atoms with Crippen LogP contribution in [0.15, 0.2) is 35.0 Å². The number of β-amino-alcohol motifs (C(OH)–C–C–N with tert-alkyl or cyclic N) is 1. The zero-order valence-electron chi connectivity index (χ0n) is 13.9. The van der Waals surface area contributed by atoms with Crippen LogP contribution >= 0.6 is 0 Å². The van der Waals surface area contributed by atoms with Crippen LogP contribution < -0.4 is 10.2 Å². The second-order valence-electron chi connectivity index (χ2n) is 6.54. The Hall–Kier alpha value is -2.41. The van der Waals surface area contributed by atoms with Crippen LogP contribution in [0.25, 0.3) is 0 Å². The SMILES string of the molecule is CC(C)c1cc(C(=O)NC[C@]2(O)CCN(c3ccccn3)C2)on1. The van der Waals surface area contributed by atoms with E-state index in [1.165, 1.54) is 0 Å². The predicted molar refractivity (Wildman–Crippen MR) is 88.9 cm³/mol. The monoisotopic (exact) mass is 330 g/mol. The maximum absolute atomic E-state index is 12.1. The molecule has 0 unspecified atom stereocenters. The number of pyridine rings is 1. The molecule has 1 aliphatic heterocycles. The summed E-state index contributed by atoms with van der Waals surface area (Å²) >= 11 is 0. The Kier molecular flexibility index (Phi) is 4.53. The molecule has 7 nitrogen and oxygen atoms in total. The third-order valence-electron chi connectivity index (χ3n) is 4.23. The van der Waals surface area contributed by atoms with E-state index in [1.54, 1.807) is 12.3 Å². The zero-order valence-corrected chi connectivity index (χ0v) is 13.9.